The topological polar surface area (TPSA) is 82.7 Å². The highest BCUT2D eigenvalue weighted by Gasteiger charge is 2.22. The Balaban J connectivity index is 1.82. The van der Waals surface area contributed by atoms with Gasteiger partial charge in [0.2, 0.25) is 5.91 Å². The molecule has 0 aliphatic carbocycles. The fourth-order valence-electron chi connectivity index (χ4n) is 2.00. The third-order valence-corrected chi connectivity index (χ3v) is 2.84. The number of piperazine rings is 1. The van der Waals surface area contributed by atoms with Crippen LogP contribution in [0.1, 0.15) is 5.82 Å². The van der Waals surface area contributed by atoms with Crippen LogP contribution in [-0.2, 0) is 11.2 Å². The second kappa shape index (κ2) is 4.14. The minimum atomic E-state index is -0.204. The summed E-state index contributed by atoms with van der Waals surface area (Å²) in [5.74, 6) is 0.818. The lowest BCUT2D eigenvalue weighted by atomic mass is 10.1. The van der Waals surface area contributed by atoms with Crippen LogP contribution in [0.3, 0.4) is 0 Å². The van der Waals surface area contributed by atoms with Crippen LogP contribution >= 0.6 is 0 Å². The molecule has 0 bridgehead atoms. The second-order valence-electron chi connectivity index (χ2n) is 4.06. The molecule has 1 atom stereocenters. The van der Waals surface area contributed by atoms with E-state index in [0.29, 0.717) is 18.6 Å². The summed E-state index contributed by atoms with van der Waals surface area (Å²) in [5, 5.41) is 6.00. The predicted octanol–water partition coefficient (Wildman–Crippen LogP) is -0.412. The normalized spacial score (nSPS) is 20.5. The number of hydrogen-bond donors (Lipinski definition) is 3. The Morgan fingerprint density at radius 3 is 3.18 bits per heavy atom. The minimum Gasteiger partial charge on any atom is -0.353 e. The summed E-state index contributed by atoms with van der Waals surface area (Å²) in [6.45, 7) is 1.49. The zero-order valence-electron chi connectivity index (χ0n) is 9.23. The number of amides is 1. The largest absolute Gasteiger partial charge is 0.353 e. The number of nitrogens with zero attached hydrogens (tertiary/aromatic N) is 2. The van der Waals surface area contributed by atoms with Gasteiger partial charge in [0.1, 0.15) is 5.82 Å². The molecule has 0 aromatic carbocycles. The molecule has 1 amide bonds. The van der Waals surface area contributed by atoms with Gasteiger partial charge in [-0.2, -0.15) is 0 Å². The monoisotopic (exact) mass is 231 g/mol. The van der Waals surface area contributed by atoms with Gasteiger partial charge in [0, 0.05) is 25.7 Å². The van der Waals surface area contributed by atoms with Crippen molar-refractivity contribution in [1.29, 1.82) is 0 Å². The molecule has 0 spiro atoms. The lowest BCUT2D eigenvalue weighted by Gasteiger charge is -2.22. The van der Waals surface area contributed by atoms with Crippen molar-refractivity contribution in [3.8, 4) is 0 Å². The van der Waals surface area contributed by atoms with Crippen LogP contribution in [0.4, 0.5) is 0 Å². The van der Waals surface area contributed by atoms with Crippen LogP contribution in [0.5, 0.6) is 0 Å². The van der Waals surface area contributed by atoms with Gasteiger partial charge >= 0.3 is 0 Å². The molecule has 3 heterocycles. The van der Waals surface area contributed by atoms with Crippen molar-refractivity contribution in [2.24, 2.45) is 0 Å². The van der Waals surface area contributed by atoms with Gasteiger partial charge in [-0.1, -0.05) is 0 Å². The number of imidazole rings is 1. The Kier molecular flexibility index (Phi) is 2.49. The number of H-pyrrole nitrogens is 1. The first-order valence-electron chi connectivity index (χ1n) is 5.63. The molecule has 3 N–H and O–H groups in total. The highest BCUT2D eigenvalue weighted by Crippen LogP contribution is 2.09. The number of hydrogen-bond acceptors (Lipinski definition) is 4. The average Bonchev–Trinajstić information content (AvgIpc) is 2.74. The van der Waals surface area contributed by atoms with E-state index < -0.39 is 0 Å². The zero-order chi connectivity index (χ0) is 11.7. The Hall–Kier alpha value is -1.95. The number of pyridine rings is 1. The first kappa shape index (κ1) is 10.2. The summed E-state index contributed by atoms with van der Waals surface area (Å²) in [6.07, 6.45) is 2.26. The van der Waals surface area contributed by atoms with Crippen molar-refractivity contribution in [2.75, 3.05) is 13.1 Å². The maximum absolute atomic E-state index is 11.6. The van der Waals surface area contributed by atoms with Crippen molar-refractivity contribution in [2.45, 2.75) is 12.5 Å². The second-order valence-corrected chi connectivity index (χ2v) is 4.06. The molecule has 6 nitrogen and oxygen atoms in total. The molecule has 2 aromatic heterocycles. The molecule has 1 unspecified atom stereocenters. The number of aromatic nitrogens is 3. The SMILES string of the molecule is O=C1NCCNC1Cc1nc2ncccc2[nH]1. The number of aromatic amines is 1. The van der Waals surface area contributed by atoms with Crippen molar-refractivity contribution in [3.05, 3.63) is 24.2 Å². The van der Waals surface area contributed by atoms with Crippen LogP contribution in [0.2, 0.25) is 0 Å². The predicted molar refractivity (Wildman–Crippen MR) is 62.4 cm³/mol. The molecule has 2 aromatic rings. The van der Waals surface area contributed by atoms with Gasteiger partial charge in [-0.25, -0.2) is 9.97 Å². The van der Waals surface area contributed by atoms with Gasteiger partial charge in [-0.05, 0) is 12.1 Å². The van der Waals surface area contributed by atoms with Crippen molar-refractivity contribution in [3.63, 3.8) is 0 Å². The summed E-state index contributed by atoms with van der Waals surface area (Å²) < 4.78 is 0. The molecular weight excluding hydrogens is 218 g/mol. The molecule has 1 saturated heterocycles. The summed E-state index contributed by atoms with van der Waals surface area (Å²) in [7, 11) is 0. The van der Waals surface area contributed by atoms with Crippen molar-refractivity contribution >= 4 is 17.1 Å². The van der Waals surface area contributed by atoms with Crippen LogP contribution in [-0.4, -0.2) is 40.0 Å². The van der Waals surface area contributed by atoms with E-state index in [4.69, 9.17) is 0 Å². The van der Waals surface area contributed by atoms with Crippen LogP contribution in [0, 0.1) is 0 Å². The molecular formula is C11H13N5O. The van der Waals surface area contributed by atoms with Gasteiger partial charge in [0.05, 0.1) is 11.6 Å². The molecule has 88 valence electrons. The lowest BCUT2D eigenvalue weighted by molar-refractivity contribution is -0.124. The Morgan fingerprint density at radius 1 is 1.41 bits per heavy atom. The maximum atomic E-state index is 11.6. The smallest absolute Gasteiger partial charge is 0.237 e. The van der Waals surface area contributed by atoms with Crippen molar-refractivity contribution in [1.82, 2.24) is 25.6 Å². The van der Waals surface area contributed by atoms with Crippen LogP contribution < -0.4 is 10.6 Å². The summed E-state index contributed by atoms with van der Waals surface area (Å²) >= 11 is 0. The molecule has 3 rings (SSSR count). The molecule has 6 heteroatoms. The number of nitrogens with one attached hydrogen (secondary N) is 3. The van der Waals surface area contributed by atoms with E-state index in [1.165, 1.54) is 0 Å². The zero-order valence-corrected chi connectivity index (χ0v) is 9.23. The fourth-order valence-corrected chi connectivity index (χ4v) is 2.00. The first-order valence-corrected chi connectivity index (χ1v) is 5.63. The van der Waals surface area contributed by atoms with E-state index in [-0.39, 0.29) is 11.9 Å². The molecule has 0 saturated carbocycles. The third-order valence-electron chi connectivity index (χ3n) is 2.84. The molecule has 1 fully saturated rings. The summed E-state index contributed by atoms with van der Waals surface area (Å²) in [5.41, 5.74) is 1.59. The van der Waals surface area contributed by atoms with E-state index >= 15 is 0 Å². The van der Waals surface area contributed by atoms with Gasteiger partial charge in [0.25, 0.3) is 0 Å². The Morgan fingerprint density at radius 2 is 2.35 bits per heavy atom. The number of carbonyl (C=O) groups excluding carboxylic acids is 1. The van der Waals surface area contributed by atoms with Gasteiger partial charge in [0.15, 0.2) is 5.65 Å². The molecule has 1 aliphatic heterocycles. The standard InChI is InChI=1S/C11H13N5O/c17-11-8(12-4-5-14-11)6-9-15-7-2-1-3-13-10(7)16-9/h1-3,8,12H,4-6H2,(H,14,17)(H,13,15,16). The Bertz CT molecular complexity index is 517. The molecule has 17 heavy (non-hydrogen) atoms. The highest BCUT2D eigenvalue weighted by molar-refractivity contribution is 5.82. The van der Waals surface area contributed by atoms with E-state index in [1.54, 1.807) is 6.20 Å². The van der Waals surface area contributed by atoms with E-state index in [2.05, 4.69) is 25.6 Å². The van der Waals surface area contributed by atoms with Crippen molar-refractivity contribution < 1.29 is 4.79 Å². The molecule has 1 aliphatic rings. The maximum Gasteiger partial charge on any atom is 0.237 e. The Labute approximate surface area is 97.8 Å². The minimum absolute atomic E-state index is 0.0321. The van der Waals surface area contributed by atoms with E-state index in [1.807, 2.05) is 12.1 Å². The lowest BCUT2D eigenvalue weighted by Crippen LogP contribution is -2.53. The van der Waals surface area contributed by atoms with Gasteiger partial charge in [-0.3, -0.25) is 4.79 Å². The quantitative estimate of drug-likeness (QED) is 0.656. The first-order chi connectivity index (χ1) is 8.33. The average molecular weight is 231 g/mol. The molecule has 0 radical (unpaired) electrons. The van der Waals surface area contributed by atoms with Gasteiger partial charge in [-0.15, -0.1) is 0 Å². The number of carbonyl (C=O) groups is 1. The number of rotatable bonds is 2. The highest BCUT2D eigenvalue weighted by atomic mass is 16.2. The summed E-state index contributed by atoms with van der Waals surface area (Å²) in [6, 6.07) is 3.58. The van der Waals surface area contributed by atoms with Gasteiger partial charge < -0.3 is 15.6 Å². The van der Waals surface area contributed by atoms with E-state index in [0.717, 1.165) is 17.9 Å². The number of fused-ring (bicyclic) bond motifs is 1. The fraction of sp³-hybridized carbons (Fsp3) is 0.364. The third kappa shape index (κ3) is 1.99. The van der Waals surface area contributed by atoms with E-state index in [9.17, 15) is 4.79 Å². The summed E-state index contributed by atoms with van der Waals surface area (Å²) in [4.78, 5) is 23.3. The van der Waals surface area contributed by atoms with Crippen LogP contribution in [0.15, 0.2) is 18.3 Å². The van der Waals surface area contributed by atoms with Crippen LogP contribution in [0.25, 0.3) is 11.2 Å².